The number of aromatic amines is 1. The number of nitrogens with zero attached hydrogens (tertiary/aromatic N) is 5. The number of hydrogen-bond acceptors (Lipinski definition) is 6. The average Bonchev–Trinajstić information content (AvgIpc) is 3.45. The molecule has 0 saturated heterocycles. The Hall–Kier alpha value is -4.01. The number of nitrogens with two attached hydrogens (primary N) is 1. The highest BCUT2D eigenvalue weighted by molar-refractivity contribution is 6.60. The minimum atomic E-state index is -0.411. The molecule has 1 fully saturated rings. The van der Waals surface area contributed by atoms with E-state index in [1.165, 1.54) is 24.6 Å². The average molecular weight is 445 g/mol. The molecule has 0 unspecified atom stereocenters. The number of rotatable bonds is 7. The highest BCUT2D eigenvalue weighted by Crippen LogP contribution is 2.39. The molecule has 0 atom stereocenters. The lowest BCUT2D eigenvalue weighted by atomic mass is 10.2. The fraction of sp³-hybridized carbons (Fsp3) is 0.292. The number of amides is 1. The molecule has 0 radical (unpaired) electrons. The van der Waals surface area contributed by atoms with Crippen LogP contribution in [0.3, 0.4) is 0 Å². The van der Waals surface area contributed by atoms with E-state index in [1.807, 2.05) is 48.8 Å². The fourth-order valence-electron chi connectivity index (χ4n) is 3.53. The van der Waals surface area contributed by atoms with Gasteiger partial charge in [0.15, 0.2) is 5.71 Å². The topological polar surface area (TPSA) is 126 Å². The molecule has 9 nitrogen and oxygen atoms in total. The number of hydrogen-bond donors (Lipinski definition) is 3. The van der Waals surface area contributed by atoms with Crippen LogP contribution in [0.5, 0.6) is 0 Å². The minimum Gasteiger partial charge on any atom is -0.360 e. The maximum atomic E-state index is 12.4. The van der Waals surface area contributed by atoms with Crippen LogP contribution in [0.1, 0.15) is 49.6 Å². The molecule has 1 amide bonds. The molecule has 5 rings (SSSR count). The smallest absolute Gasteiger partial charge is 0.273 e. The minimum absolute atomic E-state index is 0.0440. The number of aromatic nitrogens is 4. The first-order valence-corrected chi connectivity index (χ1v) is 11.1. The van der Waals surface area contributed by atoms with Gasteiger partial charge in [-0.1, -0.05) is 19.9 Å². The van der Waals surface area contributed by atoms with Gasteiger partial charge in [-0.25, -0.2) is 4.98 Å². The predicted octanol–water partition coefficient (Wildman–Crippen LogP) is 3.32. The first-order valence-electron chi connectivity index (χ1n) is 11.1. The molecule has 4 aromatic rings. The monoisotopic (exact) mass is 444 g/mol. The van der Waals surface area contributed by atoms with Crippen molar-refractivity contribution in [2.45, 2.75) is 45.7 Å². The van der Waals surface area contributed by atoms with E-state index in [1.54, 1.807) is 6.20 Å². The van der Waals surface area contributed by atoms with Crippen molar-refractivity contribution in [1.29, 1.82) is 0 Å². The molecule has 0 spiro atoms. The molecule has 1 aliphatic rings. The second-order valence-electron chi connectivity index (χ2n) is 7.64. The summed E-state index contributed by atoms with van der Waals surface area (Å²) in [6, 6.07) is 8.03. The molecule has 4 heterocycles. The molecule has 0 bridgehead atoms. The van der Waals surface area contributed by atoms with Gasteiger partial charge < -0.3 is 20.5 Å². The number of hydrazone groups is 1. The highest BCUT2D eigenvalue weighted by atomic mass is 16.1. The SMILES string of the molecule is CC.N/N=C(\C=NCc1cn2cc(C3CC3)ccc2n1)C(=O)NCc1cc2cc[nH]c2cn1. The fourth-order valence-corrected chi connectivity index (χ4v) is 3.53. The Labute approximate surface area is 191 Å². The standard InChI is InChI=1S/C22H22N8O.C2H6/c23-29-20(22(31)27-9-17-7-15-5-6-25-19(15)11-26-17)10-24-8-18-13-30-12-16(14-1-2-14)3-4-21(30)28-18;1-2/h3-7,10-14,25H,1-2,8-9,23H2,(H,27,31);1-2H3/b24-10?,29-20+;. The molecule has 1 saturated carbocycles. The van der Waals surface area contributed by atoms with Crippen LogP contribution < -0.4 is 11.2 Å². The van der Waals surface area contributed by atoms with E-state index in [9.17, 15) is 4.79 Å². The second-order valence-corrected chi connectivity index (χ2v) is 7.64. The zero-order valence-corrected chi connectivity index (χ0v) is 18.8. The Balaban J connectivity index is 0.00000126. The van der Waals surface area contributed by atoms with Gasteiger partial charge in [-0.05, 0) is 42.5 Å². The summed E-state index contributed by atoms with van der Waals surface area (Å²) in [5, 5.41) is 7.36. The van der Waals surface area contributed by atoms with Gasteiger partial charge in [0.25, 0.3) is 5.91 Å². The van der Waals surface area contributed by atoms with E-state index in [4.69, 9.17) is 5.84 Å². The van der Waals surface area contributed by atoms with Crippen molar-refractivity contribution >= 4 is 34.4 Å². The summed E-state index contributed by atoms with van der Waals surface area (Å²) < 4.78 is 2.03. The van der Waals surface area contributed by atoms with E-state index in [-0.39, 0.29) is 12.3 Å². The molecule has 4 aromatic heterocycles. The van der Waals surface area contributed by atoms with Gasteiger partial charge >= 0.3 is 0 Å². The molecule has 9 heteroatoms. The van der Waals surface area contributed by atoms with E-state index >= 15 is 0 Å². The van der Waals surface area contributed by atoms with Crippen LogP contribution in [0.4, 0.5) is 0 Å². The quantitative estimate of drug-likeness (QED) is 0.230. The van der Waals surface area contributed by atoms with Crippen LogP contribution >= 0.6 is 0 Å². The molecular formula is C24H28N8O. The summed E-state index contributed by atoms with van der Waals surface area (Å²) in [6.07, 6.45) is 11.6. The van der Waals surface area contributed by atoms with Crippen LogP contribution in [0, 0.1) is 0 Å². The Morgan fingerprint density at radius 3 is 2.91 bits per heavy atom. The van der Waals surface area contributed by atoms with Crippen LogP contribution in [-0.4, -0.2) is 37.2 Å². The largest absolute Gasteiger partial charge is 0.360 e. The molecule has 0 aliphatic heterocycles. The van der Waals surface area contributed by atoms with Gasteiger partial charge in [0.05, 0.1) is 42.4 Å². The van der Waals surface area contributed by atoms with E-state index in [0.29, 0.717) is 12.5 Å². The Kier molecular flexibility index (Phi) is 6.77. The van der Waals surface area contributed by atoms with Crippen molar-refractivity contribution in [1.82, 2.24) is 24.7 Å². The zero-order valence-electron chi connectivity index (χ0n) is 18.8. The van der Waals surface area contributed by atoms with Gasteiger partial charge in [0.1, 0.15) is 5.65 Å². The lowest BCUT2D eigenvalue weighted by Gasteiger charge is -2.04. The summed E-state index contributed by atoms with van der Waals surface area (Å²) in [4.78, 5) is 28.6. The Morgan fingerprint density at radius 2 is 2.12 bits per heavy atom. The number of imidazole rings is 1. The van der Waals surface area contributed by atoms with Crippen molar-refractivity contribution in [3.05, 3.63) is 66.0 Å². The third kappa shape index (κ3) is 5.25. The maximum Gasteiger partial charge on any atom is 0.273 e. The van der Waals surface area contributed by atoms with Crippen molar-refractivity contribution in [3.8, 4) is 0 Å². The van der Waals surface area contributed by atoms with Crippen LogP contribution in [0.15, 0.2) is 59.1 Å². The van der Waals surface area contributed by atoms with E-state index in [0.717, 1.165) is 27.9 Å². The van der Waals surface area contributed by atoms with Crippen LogP contribution in [0.25, 0.3) is 16.6 Å². The molecule has 1 aliphatic carbocycles. The van der Waals surface area contributed by atoms with Crippen LogP contribution in [0.2, 0.25) is 0 Å². The number of aliphatic imine (C=N–C) groups is 1. The lowest BCUT2D eigenvalue weighted by Crippen LogP contribution is -2.32. The van der Waals surface area contributed by atoms with Gasteiger partial charge in [-0.3, -0.25) is 14.8 Å². The maximum absolute atomic E-state index is 12.4. The summed E-state index contributed by atoms with van der Waals surface area (Å²) in [5.74, 6) is 5.67. The third-order valence-electron chi connectivity index (χ3n) is 5.34. The normalized spacial score (nSPS) is 13.9. The molecule has 170 valence electrons. The van der Waals surface area contributed by atoms with E-state index in [2.05, 4.69) is 42.6 Å². The van der Waals surface area contributed by atoms with Gasteiger partial charge in [-0.15, -0.1) is 0 Å². The first kappa shape index (κ1) is 22.2. The van der Waals surface area contributed by atoms with Crippen molar-refractivity contribution in [2.75, 3.05) is 0 Å². The number of nitrogens with one attached hydrogen (secondary N) is 2. The Morgan fingerprint density at radius 1 is 1.27 bits per heavy atom. The summed E-state index contributed by atoms with van der Waals surface area (Å²) >= 11 is 0. The van der Waals surface area contributed by atoms with Crippen molar-refractivity contribution < 1.29 is 4.79 Å². The number of H-pyrrole nitrogens is 1. The highest BCUT2D eigenvalue weighted by Gasteiger charge is 2.23. The number of carbonyl (C=O) groups is 1. The summed E-state index contributed by atoms with van der Waals surface area (Å²) in [6.45, 7) is 4.60. The van der Waals surface area contributed by atoms with Gasteiger partial charge in [0.2, 0.25) is 0 Å². The van der Waals surface area contributed by atoms with Gasteiger partial charge in [-0.2, -0.15) is 5.10 Å². The van der Waals surface area contributed by atoms with Crippen molar-refractivity contribution in [3.63, 3.8) is 0 Å². The number of fused-ring (bicyclic) bond motifs is 2. The Bertz CT molecular complexity index is 1310. The molecule has 0 aromatic carbocycles. The summed E-state index contributed by atoms with van der Waals surface area (Å²) in [5.41, 5.74) is 4.77. The third-order valence-corrected chi connectivity index (χ3v) is 5.34. The van der Waals surface area contributed by atoms with Gasteiger partial charge in [0, 0.05) is 24.0 Å². The van der Waals surface area contributed by atoms with E-state index < -0.39 is 5.91 Å². The zero-order chi connectivity index (χ0) is 23.2. The van der Waals surface area contributed by atoms with Crippen LogP contribution in [-0.2, 0) is 17.9 Å². The molecular weight excluding hydrogens is 416 g/mol. The number of pyridine rings is 2. The number of carbonyl (C=O) groups excluding carboxylic acids is 1. The van der Waals surface area contributed by atoms with Crippen molar-refractivity contribution in [2.24, 2.45) is 15.9 Å². The second kappa shape index (κ2) is 10.1. The lowest BCUT2D eigenvalue weighted by molar-refractivity contribution is -0.114. The molecule has 33 heavy (non-hydrogen) atoms. The predicted molar refractivity (Wildman–Crippen MR) is 130 cm³/mol. The molecule has 4 N–H and O–H groups in total. The summed E-state index contributed by atoms with van der Waals surface area (Å²) in [7, 11) is 0. The first-order chi connectivity index (χ1) is 16.2.